The van der Waals surface area contributed by atoms with Crippen LogP contribution in [-0.2, 0) is 29.2 Å². The van der Waals surface area contributed by atoms with Crippen LogP contribution in [0.2, 0.25) is 0 Å². The first-order valence-corrected chi connectivity index (χ1v) is 19.9. The highest BCUT2D eigenvalue weighted by Gasteiger charge is 2.70. The molecule has 49 heavy (non-hydrogen) atoms. The molecule has 3 saturated carbocycles. The first-order chi connectivity index (χ1) is 22.9. The summed E-state index contributed by atoms with van der Waals surface area (Å²) >= 11 is 0. The highest BCUT2D eigenvalue weighted by molar-refractivity contribution is 7.90. The van der Waals surface area contributed by atoms with Crippen molar-refractivity contribution in [3.05, 3.63) is 0 Å². The zero-order chi connectivity index (χ0) is 36.1. The summed E-state index contributed by atoms with van der Waals surface area (Å²) < 4.78 is 28.5. The molecule has 5 fully saturated rings. The quantitative estimate of drug-likeness (QED) is 0.226. The van der Waals surface area contributed by atoms with Gasteiger partial charge in [0, 0.05) is 25.7 Å². The molecule has 0 aromatic carbocycles. The van der Waals surface area contributed by atoms with Gasteiger partial charge in [0.25, 0.3) is 5.91 Å². The van der Waals surface area contributed by atoms with E-state index in [9.17, 15) is 32.4 Å². The minimum Gasteiger partial charge on any atom is -0.347 e. The maximum absolute atomic E-state index is 14.5. The molecule has 0 aromatic heterocycles. The van der Waals surface area contributed by atoms with Crippen LogP contribution in [0, 0.1) is 22.7 Å². The largest absolute Gasteiger partial charge is 0.347 e. The van der Waals surface area contributed by atoms with Gasteiger partial charge in [-0.05, 0) is 61.2 Å². The third-order valence-electron chi connectivity index (χ3n) is 11.9. The summed E-state index contributed by atoms with van der Waals surface area (Å²) in [6.45, 7) is 14.5. The van der Waals surface area contributed by atoms with Crippen LogP contribution >= 0.6 is 0 Å². The van der Waals surface area contributed by atoms with E-state index >= 15 is 0 Å². The topological polar surface area (TPSA) is 174 Å². The Balaban J connectivity index is 1.34. The van der Waals surface area contributed by atoms with E-state index in [4.69, 9.17) is 0 Å². The van der Waals surface area contributed by atoms with E-state index in [0.717, 1.165) is 32.1 Å². The summed E-state index contributed by atoms with van der Waals surface area (Å²) in [6.07, 6.45) is 6.61. The molecule has 0 radical (unpaired) electrons. The molecule has 2 aliphatic heterocycles. The van der Waals surface area contributed by atoms with Gasteiger partial charge in [-0.2, -0.15) is 0 Å². The van der Waals surface area contributed by atoms with Crippen molar-refractivity contribution in [2.45, 2.75) is 148 Å². The van der Waals surface area contributed by atoms with Gasteiger partial charge in [0.2, 0.25) is 27.6 Å². The molecule has 2 heterocycles. The lowest BCUT2D eigenvalue weighted by Crippen LogP contribution is -2.65. The zero-order valence-corrected chi connectivity index (χ0v) is 31.2. The van der Waals surface area contributed by atoms with Gasteiger partial charge in [0.1, 0.15) is 12.1 Å². The van der Waals surface area contributed by atoms with E-state index in [-0.39, 0.29) is 23.3 Å². The molecule has 0 aromatic rings. The Morgan fingerprint density at radius 3 is 2.14 bits per heavy atom. The molecule has 4 N–H and O–H groups in total. The Labute approximate surface area is 291 Å². The van der Waals surface area contributed by atoms with Gasteiger partial charge < -0.3 is 26.2 Å². The molecule has 5 rings (SSSR count). The van der Waals surface area contributed by atoms with E-state index < -0.39 is 73.9 Å². The van der Waals surface area contributed by atoms with Crippen molar-refractivity contribution in [3.8, 4) is 0 Å². The van der Waals surface area contributed by atoms with E-state index in [1.54, 1.807) is 4.90 Å². The van der Waals surface area contributed by atoms with Crippen LogP contribution in [0.25, 0.3) is 0 Å². The van der Waals surface area contributed by atoms with Crippen molar-refractivity contribution in [2.24, 2.45) is 22.7 Å². The summed E-state index contributed by atoms with van der Waals surface area (Å²) in [5.74, 6) is -2.32. The first-order valence-electron chi connectivity index (χ1n) is 18.4. The number of fused-ring (bicyclic) bond motifs is 1. The van der Waals surface area contributed by atoms with Crippen LogP contribution in [-0.4, -0.2) is 102 Å². The molecular weight excluding hydrogens is 648 g/mol. The number of nitrogens with one attached hydrogen (secondary N) is 4. The number of piperidine rings is 1. The molecule has 0 bridgehead atoms. The van der Waals surface area contributed by atoms with Crippen LogP contribution in [0.1, 0.15) is 113 Å². The number of carbonyl (C=O) groups excluding carboxylic acids is 5. The highest BCUT2D eigenvalue weighted by atomic mass is 32.2. The Hall–Kier alpha value is -2.74. The van der Waals surface area contributed by atoms with Gasteiger partial charge in [0.15, 0.2) is 0 Å². The summed E-state index contributed by atoms with van der Waals surface area (Å²) in [4.78, 5) is 69.7. The summed E-state index contributed by atoms with van der Waals surface area (Å²) in [5.41, 5.74) is -1.89. The SMILES string of the molecule is CCC[C@H](NC(=O)[C@@H]1[C@@H]2[C@H](CN1C(=O)[C@@H](NC(=O)NC1([C@@H]3CCN(CC)S3(=O)=O)CCCCC1)C(C)(C)C)C2(C)C)C(=O)C(=O)NC1CC1. The molecule has 14 heteroatoms. The average molecular weight is 707 g/mol. The predicted octanol–water partition coefficient (Wildman–Crippen LogP) is 2.44. The van der Waals surface area contributed by atoms with E-state index in [2.05, 4.69) is 35.1 Å². The van der Waals surface area contributed by atoms with E-state index in [0.29, 0.717) is 51.7 Å². The zero-order valence-electron chi connectivity index (χ0n) is 30.4. The van der Waals surface area contributed by atoms with Gasteiger partial charge in [-0.3, -0.25) is 19.2 Å². The lowest BCUT2D eigenvalue weighted by molar-refractivity contribution is -0.145. The third kappa shape index (κ3) is 7.36. The number of nitrogens with zero attached hydrogens (tertiary/aromatic N) is 2. The van der Waals surface area contributed by atoms with Crippen molar-refractivity contribution in [2.75, 3.05) is 19.6 Å². The maximum Gasteiger partial charge on any atom is 0.315 e. The molecule has 6 atom stereocenters. The second kappa shape index (κ2) is 13.8. The fourth-order valence-electron chi connectivity index (χ4n) is 8.80. The lowest BCUT2D eigenvalue weighted by Gasteiger charge is -2.43. The van der Waals surface area contributed by atoms with Crippen molar-refractivity contribution in [3.63, 3.8) is 0 Å². The third-order valence-corrected chi connectivity index (χ3v) is 14.5. The number of urea groups is 1. The second-order valence-electron chi connectivity index (χ2n) is 16.8. The molecule has 3 aliphatic carbocycles. The number of carbonyl (C=O) groups is 5. The lowest BCUT2D eigenvalue weighted by atomic mass is 9.78. The number of hydrogen-bond acceptors (Lipinski definition) is 7. The molecule has 0 spiro atoms. The standard InChI is InChI=1S/C35H58N6O7S/c1-8-13-23(27(42)30(44)36-21-14-15-21)37-29(43)26-25-22(34(25,6)7)20-41(26)31(45)28(33(3,4)5)38-32(46)39-35(17-11-10-12-18-35)24-16-19-40(9-2)49(24,47)48/h21-26,28H,8-20H2,1-7H3,(H,36,44)(H,37,43)(H2,38,39,46)/t22-,23-,24-,25-,26-,28+/m0/s1. The highest BCUT2D eigenvalue weighted by Crippen LogP contribution is 2.65. The van der Waals surface area contributed by atoms with E-state index in [1.165, 1.54) is 4.31 Å². The fourth-order valence-corrected chi connectivity index (χ4v) is 11.2. The summed E-state index contributed by atoms with van der Waals surface area (Å²) in [6, 6.07) is -3.48. The van der Waals surface area contributed by atoms with Gasteiger partial charge in [-0.25, -0.2) is 17.5 Å². The van der Waals surface area contributed by atoms with Crippen LogP contribution < -0.4 is 21.3 Å². The number of hydrogen-bond donors (Lipinski definition) is 4. The molecule has 13 nitrogen and oxygen atoms in total. The molecule has 0 unspecified atom stereocenters. The van der Waals surface area contributed by atoms with Gasteiger partial charge >= 0.3 is 6.03 Å². The summed E-state index contributed by atoms with van der Waals surface area (Å²) in [7, 11) is -3.60. The first kappa shape index (κ1) is 37.5. The van der Waals surface area contributed by atoms with Gasteiger partial charge in [-0.1, -0.05) is 74.1 Å². The van der Waals surface area contributed by atoms with Gasteiger partial charge in [-0.15, -0.1) is 0 Å². The van der Waals surface area contributed by atoms with Crippen LogP contribution in [0.3, 0.4) is 0 Å². The van der Waals surface area contributed by atoms with Crippen molar-refractivity contribution in [1.82, 2.24) is 30.5 Å². The number of ketones is 1. The van der Waals surface area contributed by atoms with Crippen molar-refractivity contribution >= 4 is 39.6 Å². The normalized spacial score (nSPS) is 29.7. The van der Waals surface area contributed by atoms with Crippen molar-refractivity contribution in [1.29, 1.82) is 0 Å². The maximum atomic E-state index is 14.5. The predicted molar refractivity (Wildman–Crippen MR) is 185 cm³/mol. The minimum atomic E-state index is -3.60. The Morgan fingerprint density at radius 1 is 0.939 bits per heavy atom. The van der Waals surface area contributed by atoms with Crippen LogP contribution in [0.5, 0.6) is 0 Å². The monoisotopic (exact) mass is 706 g/mol. The number of rotatable bonds is 12. The molecule has 276 valence electrons. The fraction of sp³-hybridized carbons (Fsp3) is 0.857. The second-order valence-corrected chi connectivity index (χ2v) is 18.9. The minimum absolute atomic E-state index is 0.00557. The smallest absolute Gasteiger partial charge is 0.315 e. The number of amides is 5. The van der Waals surface area contributed by atoms with Crippen molar-refractivity contribution < 1.29 is 32.4 Å². The van der Waals surface area contributed by atoms with E-state index in [1.807, 2.05) is 34.6 Å². The molecule has 5 amide bonds. The van der Waals surface area contributed by atoms with Gasteiger partial charge in [0.05, 0.1) is 16.8 Å². The Morgan fingerprint density at radius 2 is 1.59 bits per heavy atom. The average Bonchev–Trinajstić information content (AvgIpc) is 3.82. The molecule has 5 aliphatic rings. The summed E-state index contributed by atoms with van der Waals surface area (Å²) in [5, 5.41) is 10.8. The number of likely N-dealkylation sites (tertiary alicyclic amines) is 1. The van der Waals surface area contributed by atoms with Crippen LogP contribution in [0.15, 0.2) is 0 Å². The number of Topliss-reactive ketones (excluding diaryl/α,β-unsaturated/α-hetero) is 1. The van der Waals surface area contributed by atoms with Crippen LogP contribution in [0.4, 0.5) is 4.79 Å². The Bertz CT molecular complexity index is 1430. The Kier molecular flexibility index (Phi) is 10.5. The molecule has 2 saturated heterocycles. The molecular formula is C35H58N6O7S. The number of sulfonamides is 1.